The van der Waals surface area contributed by atoms with E-state index in [2.05, 4.69) is 4.98 Å². The number of nitrogens with zero attached hydrogens (tertiary/aromatic N) is 2. The number of carbonyl (C=O) groups is 2. The lowest BCUT2D eigenvalue weighted by Crippen LogP contribution is -2.30. The van der Waals surface area contributed by atoms with Gasteiger partial charge in [0.1, 0.15) is 16.4 Å². The fourth-order valence-electron chi connectivity index (χ4n) is 4.88. The fraction of sp³-hybridized carbons (Fsp3) is 0.242. The minimum absolute atomic E-state index is 0.0784. The fourth-order valence-corrected chi connectivity index (χ4v) is 5.91. The van der Waals surface area contributed by atoms with Crippen LogP contribution in [0.3, 0.4) is 0 Å². The van der Waals surface area contributed by atoms with Crippen molar-refractivity contribution < 1.29 is 19.4 Å². The van der Waals surface area contributed by atoms with Crippen molar-refractivity contribution in [1.82, 2.24) is 9.88 Å². The van der Waals surface area contributed by atoms with Crippen LogP contribution in [0.15, 0.2) is 90.2 Å². The lowest BCUT2D eigenvalue weighted by Gasteiger charge is -2.27. The summed E-state index contributed by atoms with van der Waals surface area (Å²) < 4.78 is 5.93. The maximum Gasteiger partial charge on any atom is 0.290 e. The first kappa shape index (κ1) is 27.3. The molecule has 5 rings (SSSR count). The number of rotatable bonds is 7. The van der Waals surface area contributed by atoms with Crippen LogP contribution in [-0.4, -0.2) is 32.3 Å². The number of aliphatic hydroxyl groups excluding tert-OH is 1. The van der Waals surface area contributed by atoms with Gasteiger partial charge in [0.05, 0.1) is 22.2 Å². The van der Waals surface area contributed by atoms with Crippen LogP contribution in [0.1, 0.15) is 58.9 Å². The Bertz CT molecular complexity index is 1600. The molecule has 2 heterocycles. The van der Waals surface area contributed by atoms with Gasteiger partial charge in [0.25, 0.3) is 5.91 Å². The van der Waals surface area contributed by atoms with Crippen LogP contribution in [0.25, 0.3) is 10.6 Å². The summed E-state index contributed by atoms with van der Waals surface area (Å²) in [5.41, 5.74) is 3.83. The highest BCUT2D eigenvalue weighted by Gasteiger charge is 2.44. The average Bonchev–Trinajstić information content (AvgIpc) is 3.42. The Labute approximate surface area is 238 Å². The van der Waals surface area contributed by atoms with Crippen LogP contribution in [0.4, 0.5) is 0 Å². The van der Waals surface area contributed by atoms with Crippen molar-refractivity contribution in [2.24, 2.45) is 0 Å². The van der Waals surface area contributed by atoms with Gasteiger partial charge in [0, 0.05) is 12.1 Å². The first-order valence-electron chi connectivity index (χ1n) is 13.2. The van der Waals surface area contributed by atoms with Crippen LogP contribution in [0.5, 0.6) is 5.75 Å². The number of aliphatic hydroxyl groups is 1. The van der Waals surface area contributed by atoms with Gasteiger partial charge in [0.2, 0.25) is 5.78 Å². The Hall–Kier alpha value is -4.23. The molecule has 1 amide bonds. The largest absolute Gasteiger partial charge is 0.503 e. The van der Waals surface area contributed by atoms with Crippen LogP contribution < -0.4 is 4.74 Å². The molecule has 1 unspecified atom stereocenters. The van der Waals surface area contributed by atoms with Crippen LogP contribution in [0, 0.1) is 13.8 Å². The molecule has 0 saturated heterocycles. The number of benzene rings is 3. The van der Waals surface area contributed by atoms with E-state index in [1.807, 2.05) is 107 Å². The highest BCUT2D eigenvalue weighted by Crippen LogP contribution is 2.42. The molecule has 0 bridgehead atoms. The molecule has 1 atom stereocenters. The van der Waals surface area contributed by atoms with Crippen LogP contribution in [0.2, 0.25) is 0 Å². The topological polar surface area (TPSA) is 79.7 Å². The zero-order valence-electron chi connectivity index (χ0n) is 23.3. The third-order valence-corrected chi connectivity index (χ3v) is 7.84. The number of aromatic nitrogens is 1. The number of amides is 1. The molecule has 0 radical (unpaired) electrons. The van der Waals surface area contributed by atoms with Gasteiger partial charge in [-0.05, 0) is 57.9 Å². The van der Waals surface area contributed by atoms with Gasteiger partial charge in [-0.3, -0.25) is 9.59 Å². The minimum Gasteiger partial charge on any atom is -0.503 e. The van der Waals surface area contributed by atoms with Crippen molar-refractivity contribution in [1.29, 1.82) is 0 Å². The maximum absolute atomic E-state index is 14.1. The van der Waals surface area contributed by atoms with Crippen molar-refractivity contribution in [3.8, 4) is 16.3 Å². The predicted molar refractivity (Wildman–Crippen MR) is 158 cm³/mol. The number of Topliss-reactive ketones (excluding diaryl/α,β-unsaturated/α-hetero) is 1. The molecule has 0 aliphatic carbocycles. The average molecular weight is 553 g/mol. The molecule has 7 heteroatoms. The summed E-state index contributed by atoms with van der Waals surface area (Å²) in [6.45, 7) is 9.91. The highest BCUT2D eigenvalue weighted by atomic mass is 32.1. The summed E-state index contributed by atoms with van der Waals surface area (Å²) in [7, 11) is 0. The quantitative estimate of drug-likeness (QED) is 0.242. The maximum atomic E-state index is 14.1. The molecular weight excluding hydrogens is 520 g/mol. The molecule has 0 spiro atoms. The first-order valence-corrected chi connectivity index (χ1v) is 14.0. The summed E-state index contributed by atoms with van der Waals surface area (Å²) in [5.74, 6) is -0.745. The molecule has 4 aromatic rings. The Morgan fingerprint density at radius 2 is 1.70 bits per heavy atom. The number of carbonyl (C=O) groups excluding carboxylic acids is 2. The van der Waals surface area contributed by atoms with Gasteiger partial charge in [-0.15, -0.1) is 11.3 Å². The van der Waals surface area contributed by atoms with Crippen molar-refractivity contribution in [2.75, 3.05) is 0 Å². The van der Waals surface area contributed by atoms with Crippen molar-refractivity contribution in [3.63, 3.8) is 0 Å². The number of ketones is 1. The van der Waals surface area contributed by atoms with Gasteiger partial charge in [0.15, 0.2) is 5.76 Å². The number of hydrogen-bond acceptors (Lipinski definition) is 6. The van der Waals surface area contributed by atoms with Crippen molar-refractivity contribution in [2.45, 2.75) is 52.8 Å². The molecule has 204 valence electrons. The van der Waals surface area contributed by atoms with Crippen molar-refractivity contribution >= 4 is 23.0 Å². The van der Waals surface area contributed by atoms with Crippen LogP contribution >= 0.6 is 11.3 Å². The lowest BCUT2D eigenvalue weighted by molar-refractivity contribution is -0.130. The minimum atomic E-state index is -0.743. The Morgan fingerprint density at radius 3 is 2.35 bits per heavy atom. The zero-order chi connectivity index (χ0) is 28.6. The molecule has 1 aromatic heterocycles. The molecule has 40 heavy (non-hydrogen) atoms. The summed E-state index contributed by atoms with van der Waals surface area (Å²) >= 11 is 1.27. The van der Waals surface area contributed by atoms with Gasteiger partial charge in [-0.1, -0.05) is 72.3 Å². The predicted octanol–water partition coefficient (Wildman–Crippen LogP) is 7.38. The van der Waals surface area contributed by atoms with E-state index < -0.39 is 17.7 Å². The van der Waals surface area contributed by atoms with E-state index in [0.29, 0.717) is 15.6 Å². The molecule has 0 saturated carbocycles. The van der Waals surface area contributed by atoms with Gasteiger partial charge >= 0.3 is 0 Å². The number of thiazole rings is 1. The van der Waals surface area contributed by atoms with Gasteiger partial charge in [-0.25, -0.2) is 4.98 Å². The van der Waals surface area contributed by atoms with E-state index in [1.165, 1.54) is 11.3 Å². The smallest absolute Gasteiger partial charge is 0.290 e. The zero-order valence-corrected chi connectivity index (χ0v) is 24.1. The molecule has 1 aliphatic rings. The first-order chi connectivity index (χ1) is 19.0. The van der Waals surface area contributed by atoms with E-state index in [4.69, 9.17) is 4.74 Å². The Morgan fingerprint density at radius 1 is 1.00 bits per heavy atom. The second kappa shape index (κ2) is 10.7. The van der Waals surface area contributed by atoms with E-state index in [-0.39, 0.29) is 23.5 Å². The third-order valence-electron chi connectivity index (χ3n) is 6.63. The van der Waals surface area contributed by atoms with E-state index in [1.54, 1.807) is 11.8 Å². The summed E-state index contributed by atoms with van der Waals surface area (Å²) in [4.78, 5) is 34.2. The summed E-state index contributed by atoms with van der Waals surface area (Å²) in [6.07, 6.45) is 0. The van der Waals surface area contributed by atoms with E-state index in [0.717, 1.165) is 28.0 Å². The van der Waals surface area contributed by atoms with Crippen LogP contribution in [-0.2, 0) is 11.3 Å². The number of aryl methyl sites for hydroxylation is 2. The van der Waals surface area contributed by atoms with Gasteiger partial charge in [-0.2, -0.15) is 0 Å². The lowest BCUT2D eigenvalue weighted by atomic mass is 9.94. The molecule has 1 N–H and O–H groups in total. The molecule has 3 aromatic carbocycles. The van der Waals surface area contributed by atoms with Crippen molar-refractivity contribution in [3.05, 3.63) is 117 Å². The number of ether oxygens (including phenoxy) is 1. The van der Waals surface area contributed by atoms with E-state index in [9.17, 15) is 14.7 Å². The molecular formula is C33H32N2O4S. The second-order valence-corrected chi connectivity index (χ2v) is 12.0. The summed E-state index contributed by atoms with van der Waals surface area (Å²) in [5, 5.41) is 11.9. The Balaban J connectivity index is 1.52. The molecule has 6 nitrogen and oxygen atoms in total. The number of hydrogen-bond donors (Lipinski definition) is 1. The second-order valence-electron chi connectivity index (χ2n) is 11.0. The molecule has 1 aliphatic heterocycles. The highest BCUT2D eigenvalue weighted by molar-refractivity contribution is 7.17. The SMILES string of the molecule is Cc1cccc(C2C(C(=O)c3sc(-c4ccccc4)nc3C)=C(O)C(=O)N2Cc2ccc(OC(C)(C)C)cc2)c1. The standard InChI is InChI=1S/C33H32N2O4S/c1-20-10-9-13-24(18-20)27-26(28(36)30-21(2)34-31(40-30)23-11-7-6-8-12-23)29(37)32(38)35(27)19-22-14-16-25(17-15-22)39-33(3,4)5/h6-18,27,37H,19H2,1-5H3. The third kappa shape index (κ3) is 5.56. The van der Waals surface area contributed by atoms with Gasteiger partial charge < -0.3 is 14.7 Å². The Kier molecular flexibility index (Phi) is 7.34. The molecule has 0 fully saturated rings. The normalized spacial score (nSPS) is 15.6. The summed E-state index contributed by atoms with van der Waals surface area (Å²) in [6, 6.07) is 24.1. The monoisotopic (exact) mass is 552 g/mol. The van der Waals surface area contributed by atoms with E-state index >= 15 is 0 Å².